The second-order valence-corrected chi connectivity index (χ2v) is 12.4. The Balaban J connectivity index is 1.43. The van der Waals surface area contributed by atoms with Crippen LogP contribution in [0, 0.1) is 11.8 Å². The Hall–Kier alpha value is -3.40. The smallest absolute Gasteiger partial charge is 0.408 e. The zero-order chi connectivity index (χ0) is 30.5. The number of benzene rings is 1. The van der Waals surface area contributed by atoms with E-state index in [1.165, 1.54) is 6.42 Å². The van der Waals surface area contributed by atoms with Crippen molar-refractivity contribution >= 4 is 23.9 Å². The van der Waals surface area contributed by atoms with Crippen LogP contribution in [0.1, 0.15) is 89.0 Å². The molecule has 2 saturated carbocycles. The van der Waals surface area contributed by atoms with E-state index in [1.54, 1.807) is 12.2 Å². The molecule has 2 fully saturated rings. The van der Waals surface area contributed by atoms with Crippen molar-refractivity contribution in [2.24, 2.45) is 11.8 Å². The number of carbonyl (C=O) groups is 4. The van der Waals surface area contributed by atoms with Crippen molar-refractivity contribution in [3.05, 3.63) is 48.0 Å². The van der Waals surface area contributed by atoms with E-state index in [4.69, 9.17) is 9.47 Å². The predicted molar refractivity (Wildman–Crippen MR) is 161 cm³/mol. The first-order chi connectivity index (χ1) is 20.9. The number of cyclic esters (lactones) is 1. The molecule has 4 N–H and O–H groups in total. The van der Waals surface area contributed by atoms with E-state index in [2.05, 4.69) is 16.0 Å². The van der Waals surface area contributed by atoms with Gasteiger partial charge in [0.1, 0.15) is 19.3 Å². The Morgan fingerprint density at radius 3 is 2.44 bits per heavy atom. The van der Waals surface area contributed by atoms with Crippen molar-refractivity contribution < 1.29 is 33.8 Å². The van der Waals surface area contributed by atoms with E-state index in [0.29, 0.717) is 18.8 Å². The highest BCUT2D eigenvalue weighted by atomic mass is 16.6. The molecule has 3 atom stereocenters. The Morgan fingerprint density at radius 1 is 1.00 bits per heavy atom. The summed E-state index contributed by atoms with van der Waals surface area (Å²) in [5.41, 5.74) is 0.216. The topological polar surface area (TPSA) is 143 Å². The highest BCUT2D eigenvalue weighted by Gasteiger charge is 2.36. The highest BCUT2D eigenvalue weighted by Crippen LogP contribution is 2.30. The zero-order valence-electron chi connectivity index (χ0n) is 25.1. The predicted octanol–water partition coefficient (Wildman–Crippen LogP) is 4.06. The summed E-state index contributed by atoms with van der Waals surface area (Å²) in [4.78, 5) is 52.2. The maximum atomic E-state index is 13.5. The highest BCUT2D eigenvalue weighted by molar-refractivity contribution is 5.86. The number of nitrogens with one attached hydrogen (secondary N) is 3. The number of ether oxygens (including phenoxy) is 2. The van der Waals surface area contributed by atoms with Gasteiger partial charge < -0.3 is 30.5 Å². The molecule has 1 aromatic rings. The summed E-state index contributed by atoms with van der Waals surface area (Å²) in [5, 5.41) is 18.7. The standard InChI is InChI=1S/C33H47N3O7/c37-23-33(17-9-10-18-33)36-29(38)20-26-15-7-8-16-28(35-32(41)43-21-25-13-5-2-6-14-25)31(40)42-22-27(34-30(26)39)19-24-11-3-1-4-12-24/h2,5-8,13-14,24,26-28,37H,1,3-4,9-12,15-23H2,(H,34,39)(H,35,41)(H,36,38). The first-order valence-corrected chi connectivity index (χ1v) is 15.9. The van der Waals surface area contributed by atoms with Crippen molar-refractivity contribution in [2.75, 3.05) is 13.2 Å². The Kier molecular flexibility index (Phi) is 12.4. The van der Waals surface area contributed by atoms with Crippen molar-refractivity contribution in [1.29, 1.82) is 0 Å². The number of hydrogen-bond donors (Lipinski definition) is 4. The van der Waals surface area contributed by atoms with Crippen molar-refractivity contribution in [3.63, 3.8) is 0 Å². The first-order valence-electron chi connectivity index (χ1n) is 15.9. The van der Waals surface area contributed by atoms with Gasteiger partial charge in [-0.1, -0.05) is 87.4 Å². The number of allylic oxidation sites excluding steroid dienone is 1. The lowest BCUT2D eigenvalue weighted by atomic mass is 9.84. The van der Waals surface area contributed by atoms with Gasteiger partial charge >= 0.3 is 12.1 Å². The molecule has 10 nitrogen and oxygen atoms in total. The molecule has 0 saturated heterocycles. The van der Waals surface area contributed by atoms with E-state index in [9.17, 15) is 24.3 Å². The van der Waals surface area contributed by atoms with E-state index in [-0.39, 0.29) is 44.5 Å². The minimum Gasteiger partial charge on any atom is -0.462 e. The molecule has 0 spiro atoms. The molecule has 43 heavy (non-hydrogen) atoms. The third kappa shape index (κ3) is 10.4. The molecule has 3 aliphatic rings. The third-order valence-electron chi connectivity index (χ3n) is 8.93. The summed E-state index contributed by atoms with van der Waals surface area (Å²) in [6.45, 7) is -0.0673. The Morgan fingerprint density at radius 2 is 1.72 bits per heavy atom. The Bertz CT molecular complexity index is 1100. The fourth-order valence-electron chi connectivity index (χ4n) is 6.44. The number of esters is 1. The summed E-state index contributed by atoms with van der Waals surface area (Å²) >= 11 is 0. The van der Waals surface area contributed by atoms with Crippen LogP contribution in [0.4, 0.5) is 4.79 Å². The van der Waals surface area contributed by atoms with Gasteiger partial charge in [-0.25, -0.2) is 9.59 Å². The second kappa shape index (κ2) is 16.4. The lowest BCUT2D eigenvalue weighted by molar-refractivity contribution is -0.147. The fraction of sp³-hybridized carbons (Fsp3) is 0.636. The summed E-state index contributed by atoms with van der Waals surface area (Å²) < 4.78 is 11.0. The van der Waals surface area contributed by atoms with E-state index >= 15 is 0 Å². The van der Waals surface area contributed by atoms with Gasteiger partial charge in [0.2, 0.25) is 11.8 Å². The van der Waals surface area contributed by atoms with Crippen LogP contribution in [0.25, 0.3) is 0 Å². The van der Waals surface area contributed by atoms with Gasteiger partial charge in [0, 0.05) is 6.42 Å². The van der Waals surface area contributed by atoms with Gasteiger partial charge in [0.25, 0.3) is 0 Å². The molecule has 4 rings (SSSR count). The van der Waals surface area contributed by atoms with Crippen LogP contribution in [0.15, 0.2) is 42.5 Å². The lowest BCUT2D eigenvalue weighted by Gasteiger charge is -2.30. The molecule has 2 aliphatic carbocycles. The number of aliphatic hydroxyl groups is 1. The summed E-state index contributed by atoms with van der Waals surface area (Å²) in [6, 6.07) is 7.90. The van der Waals surface area contributed by atoms with Crippen molar-refractivity contribution in [3.8, 4) is 0 Å². The molecule has 3 unspecified atom stereocenters. The van der Waals surface area contributed by atoms with Gasteiger partial charge in [0.15, 0.2) is 0 Å². The maximum Gasteiger partial charge on any atom is 0.408 e. The summed E-state index contributed by atoms with van der Waals surface area (Å²) in [5.74, 6) is -1.31. The normalized spacial score (nSPS) is 25.0. The Labute approximate surface area is 254 Å². The van der Waals surface area contributed by atoms with Gasteiger partial charge in [-0.3, -0.25) is 9.59 Å². The molecule has 1 heterocycles. The molecular formula is C33H47N3O7. The molecular weight excluding hydrogens is 550 g/mol. The fourth-order valence-corrected chi connectivity index (χ4v) is 6.44. The number of carbonyl (C=O) groups excluding carboxylic acids is 4. The molecule has 1 aliphatic heterocycles. The molecule has 1 aromatic carbocycles. The molecule has 0 bridgehead atoms. The molecule has 10 heteroatoms. The van der Waals surface area contributed by atoms with Crippen LogP contribution < -0.4 is 16.0 Å². The van der Waals surface area contributed by atoms with E-state index in [1.807, 2.05) is 30.3 Å². The van der Waals surface area contributed by atoms with Crippen LogP contribution in [0.3, 0.4) is 0 Å². The van der Waals surface area contributed by atoms with Gasteiger partial charge in [0.05, 0.1) is 24.1 Å². The number of amides is 3. The SMILES string of the molecule is O=C(CC1CC=CCC(NC(=O)OCc2ccccc2)C(=O)OCC(CC2CCCCC2)NC1=O)NC1(CO)CCCC1. The average Bonchev–Trinajstić information content (AvgIpc) is 3.48. The van der Waals surface area contributed by atoms with Crippen LogP contribution in [-0.4, -0.2) is 59.8 Å². The van der Waals surface area contributed by atoms with E-state index < -0.39 is 35.6 Å². The van der Waals surface area contributed by atoms with Crippen molar-refractivity contribution in [2.45, 2.75) is 108 Å². The van der Waals surface area contributed by atoms with Crippen molar-refractivity contribution in [1.82, 2.24) is 16.0 Å². The van der Waals surface area contributed by atoms with Gasteiger partial charge in [-0.2, -0.15) is 0 Å². The van der Waals surface area contributed by atoms with Crippen LogP contribution in [-0.2, 0) is 30.5 Å². The second-order valence-electron chi connectivity index (χ2n) is 12.4. The maximum absolute atomic E-state index is 13.5. The minimum absolute atomic E-state index is 0.0125. The number of hydrogen-bond acceptors (Lipinski definition) is 7. The minimum atomic E-state index is -0.960. The average molecular weight is 598 g/mol. The number of alkyl carbamates (subject to hydrolysis) is 1. The van der Waals surface area contributed by atoms with E-state index in [0.717, 1.165) is 56.9 Å². The largest absolute Gasteiger partial charge is 0.462 e. The summed E-state index contributed by atoms with van der Waals surface area (Å²) in [6.07, 6.45) is 12.8. The lowest BCUT2D eigenvalue weighted by Crippen LogP contribution is -2.50. The quantitative estimate of drug-likeness (QED) is 0.248. The molecule has 0 aromatic heterocycles. The molecule has 3 amide bonds. The summed E-state index contributed by atoms with van der Waals surface area (Å²) in [7, 11) is 0. The van der Waals surface area contributed by atoms with Crippen LogP contribution in [0.2, 0.25) is 0 Å². The molecule has 236 valence electrons. The first kappa shape index (κ1) is 32.5. The molecule has 0 radical (unpaired) electrons. The van der Waals surface area contributed by atoms with Gasteiger partial charge in [-0.15, -0.1) is 0 Å². The number of aliphatic hydroxyl groups excluding tert-OH is 1. The van der Waals surface area contributed by atoms with Crippen LogP contribution >= 0.6 is 0 Å². The van der Waals surface area contributed by atoms with Gasteiger partial charge in [-0.05, 0) is 43.6 Å². The third-order valence-corrected chi connectivity index (χ3v) is 8.93. The monoisotopic (exact) mass is 597 g/mol. The number of rotatable bonds is 9. The van der Waals surface area contributed by atoms with Crippen LogP contribution in [0.5, 0.6) is 0 Å². The zero-order valence-corrected chi connectivity index (χ0v) is 25.1.